The Morgan fingerprint density at radius 1 is 0.905 bits per heavy atom. The minimum atomic E-state index is 0.170. The molecule has 0 nitrogen and oxygen atoms in total. The van der Waals surface area contributed by atoms with Crippen LogP contribution in [0.3, 0.4) is 0 Å². The Morgan fingerprint density at radius 2 is 1.67 bits per heavy atom. The molecule has 2 aromatic carbocycles. The van der Waals surface area contributed by atoms with Crippen LogP contribution in [0.1, 0.15) is 57.1 Å². The standard InChI is InChI=1S/C20H23Br/c1-3-4-5-8-13-20(2)18-10-7-6-9-16(18)17-12-11-15(21)14-19(17)20/h6-7,9-12,14H,3-5,8,13H2,1-2H3. The van der Waals surface area contributed by atoms with Crippen molar-refractivity contribution in [2.45, 2.75) is 51.4 Å². The Bertz CT molecular complexity index is 644. The average Bonchev–Trinajstić information content (AvgIpc) is 2.74. The molecule has 0 radical (unpaired) electrons. The Morgan fingerprint density at radius 3 is 2.48 bits per heavy atom. The third-order valence-electron chi connectivity index (χ3n) is 4.92. The molecule has 0 N–H and O–H groups in total. The van der Waals surface area contributed by atoms with Gasteiger partial charge in [0.25, 0.3) is 0 Å². The number of halogens is 1. The second-order valence-electron chi connectivity index (χ2n) is 6.38. The van der Waals surface area contributed by atoms with E-state index in [0.717, 1.165) is 0 Å². The van der Waals surface area contributed by atoms with Gasteiger partial charge >= 0.3 is 0 Å². The van der Waals surface area contributed by atoms with Gasteiger partial charge in [0.15, 0.2) is 0 Å². The van der Waals surface area contributed by atoms with Gasteiger partial charge in [-0.25, -0.2) is 0 Å². The van der Waals surface area contributed by atoms with Crippen LogP contribution in [0.2, 0.25) is 0 Å². The summed E-state index contributed by atoms with van der Waals surface area (Å²) in [6.07, 6.45) is 6.55. The first-order valence-electron chi connectivity index (χ1n) is 8.07. The molecule has 2 aromatic rings. The molecule has 0 aromatic heterocycles. The fourth-order valence-electron chi connectivity index (χ4n) is 3.73. The predicted molar refractivity (Wildman–Crippen MR) is 94.8 cm³/mol. The third kappa shape index (κ3) is 2.57. The molecule has 0 fully saturated rings. The van der Waals surface area contributed by atoms with Gasteiger partial charge in [0.1, 0.15) is 0 Å². The molecule has 0 saturated carbocycles. The van der Waals surface area contributed by atoms with E-state index in [-0.39, 0.29) is 5.41 Å². The summed E-state index contributed by atoms with van der Waals surface area (Å²) in [5, 5.41) is 0. The van der Waals surface area contributed by atoms with Crippen molar-refractivity contribution in [1.29, 1.82) is 0 Å². The van der Waals surface area contributed by atoms with E-state index in [1.807, 2.05) is 0 Å². The van der Waals surface area contributed by atoms with E-state index in [1.165, 1.54) is 58.8 Å². The molecule has 1 aliphatic carbocycles. The van der Waals surface area contributed by atoms with Gasteiger partial charge in [0, 0.05) is 9.89 Å². The van der Waals surface area contributed by atoms with E-state index in [4.69, 9.17) is 0 Å². The molecule has 0 amide bonds. The van der Waals surface area contributed by atoms with E-state index in [0.29, 0.717) is 0 Å². The maximum atomic E-state index is 3.65. The van der Waals surface area contributed by atoms with Crippen molar-refractivity contribution in [3.63, 3.8) is 0 Å². The predicted octanol–water partition coefficient (Wildman–Crippen LogP) is 6.71. The maximum absolute atomic E-state index is 3.65. The van der Waals surface area contributed by atoms with Gasteiger partial charge in [0.2, 0.25) is 0 Å². The Kier molecular flexibility index (Phi) is 4.21. The summed E-state index contributed by atoms with van der Waals surface area (Å²) >= 11 is 3.65. The van der Waals surface area contributed by atoms with Gasteiger partial charge in [-0.15, -0.1) is 0 Å². The van der Waals surface area contributed by atoms with Gasteiger partial charge < -0.3 is 0 Å². The number of benzene rings is 2. The molecule has 0 aliphatic heterocycles. The Hall–Kier alpha value is -1.08. The smallest absolute Gasteiger partial charge is 0.0187 e. The van der Waals surface area contributed by atoms with Crippen molar-refractivity contribution in [3.05, 3.63) is 58.1 Å². The summed E-state index contributed by atoms with van der Waals surface area (Å²) in [5.41, 5.74) is 6.03. The second kappa shape index (κ2) is 5.96. The van der Waals surface area contributed by atoms with Crippen LogP contribution >= 0.6 is 15.9 Å². The third-order valence-corrected chi connectivity index (χ3v) is 5.41. The molecule has 110 valence electrons. The first-order valence-corrected chi connectivity index (χ1v) is 8.86. The number of hydrogen-bond acceptors (Lipinski definition) is 0. The number of fused-ring (bicyclic) bond motifs is 3. The molecule has 21 heavy (non-hydrogen) atoms. The Balaban J connectivity index is 2.01. The van der Waals surface area contributed by atoms with Crippen LogP contribution in [0, 0.1) is 0 Å². The van der Waals surface area contributed by atoms with Gasteiger partial charge in [-0.1, -0.05) is 85.8 Å². The van der Waals surface area contributed by atoms with Crippen molar-refractivity contribution < 1.29 is 0 Å². The van der Waals surface area contributed by atoms with Crippen LogP contribution < -0.4 is 0 Å². The normalized spacial score (nSPS) is 19.4. The van der Waals surface area contributed by atoms with Crippen LogP contribution in [0.15, 0.2) is 46.9 Å². The number of unbranched alkanes of at least 4 members (excludes halogenated alkanes) is 3. The first kappa shape index (κ1) is 14.8. The molecule has 0 saturated heterocycles. The fraction of sp³-hybridized carbons (Fsp3) is 0.400. The topological polar surface area (TPSA) is 0 Å². The van der Waals surface area contributed by atoms with Crippen molar-refractivity contribution in [2.75, 3.05) is 0 Å². The zero-order valence-corrected chi connectivity index (χ0v) is 14.5. The lowest BCUT2D eigenvalue weighted by Gasteiger charge is -2.27. The highest BCUT2D eigenvalue weighted by Gasteiger charge is 2.38. The maximum Gasteiger partial charge on any atom is 0.0187 e. The average molecular weight is 343 g/mol. The summed E-state index contributed by atoms with van der Waals surface area (Å²) in [4.78, 5) is 0. The van der Waals surface area contributed by atoms with E-state index < -0.39 is 0 Å². The lowest BCUT2D eigenvalue weighted by atomic mass is 9.76. The van der Waals surface area contributed by atoms with E-state index in [2.05, 4.69) is 72.2 Å². The van der Waals surface area contributed by atoms with Crippen molar-refractivity contribution in [1.82, 2.24) is 0 Å². The minimum absolute atomic E-state index is 0.170. The van der Waals surface area contributed by atoms with Crippen molar-refractivity contribution >= 4 is 15.9 Å². The van der Waals surface area contributed by atoms with Crippen LogP contribution in [-0.2, 0) is 5.41 Å². The van der Waals surface area contributed by atoms with E-state index >= 15 is 0 Å². The van der Waals surface area contributed by atoms with E-state index in [9.17, 15) is 0 Å². The monoisotopic (exact) mass is 342 g/mol. The zero-order valence-electron chi connectivity index (χ0n) is 13.0. The van der Waals surface area contributed by atoms with Crippen LogP contribution in [-0.4, -0.2) is 0 Å². The SMILES string of the molecule is CCCCCCC1(C)c2ccccc2-c2ccc(Br)cc21. The summed E-state index contributed by atoms with van der Waals surface area (Å²) in [5.74, 6) is 0. The summed E-state index contributed by atoms with van der Waals surface area (Å²) in [6.45, 7) is 4.70. The summed E-state index contributed by atoms with van der Waals surface area (Å²) in [7, 11) is 0. The molecule has 1 heteroatoms. The van der Waals surface area contributed by atoms with Crippen molar-refractivity contribution in [3.8, 4) is 11.1 Å². The Labute approximate surface area is 136 Å². The highest BCUT2D eigenvalue weighted by molar-refractivity contribution is 9.10. The number of hydrogen-bond donors (Lipinski definition) is 0. The van der Waals surface area contributed by atoms with Gasteiger partial charge in [-0.05, 0) is 40.8 Å². The molecule has 3 rings (SSSR count). The first-order chi connectivity index (χ1) is 10.2. The molecule has 1 aliphatic rings. The van der Waals surface area contributed by atoms with Crippen LogP contribution in [0.5, 0.6) is 0 Å². The van der Waals surface area contributed by atoms with E-state index in [1.54, 1.807) is 0 Å². The molecular weight excluding hydrogens is 320 g/mol. The summed E-state index contributed by atoms with van der Waals surface area (Å²) in [6, 6.07) is 15.7. The molecular formula is C20H23Br. The molecule has 1 unspecified atom stereocenters. The largest absolute Gasteiger partial charge is 0.0654 e. The quantitative estimate of drug-likeness (QED) is 0.530. The fourth-order valence-corrected chi connectivity index (χ4v) is 4.09. The summed E-state index contributed by atoms with van der Waals surface area (Å²) < 4.78 is 1.19. The van der Waals surface area contributed by atoms with Crippen molar-refractivity contribution in [2.24, 2.45) is 0 Å². The van der Waals surface area contributed by atoms with Gasteiger partial charge in [0.05, 0.1) is 0 Å². The molecule has 1 atom stereocenters. The van der Waals surface area contributed by atoms with Crippen LogP contribution in [0.4, 0.5) is 0 Å². The minimum Gasteiger partial charge on any atom is -0.0654 e. The zero-order chi connectivity index (χ0) is 14.9. The van der Waals surface area contributed by atoms with Crippen LogP contribution in [0.25, 0.3) is 11.1 Å². The van der Waals surface area contributed by atoms with Gasteiger partial charge in [-0.2, -0.15) is 0 Å². The lowest BCUT2D eigenvalue weighted by molar-refractivity contribution is 0.487. The lowest BCUT2D eigenvalue weighted by Crippen LogP contribution is -2.20. The highest BCUT2D eigenvalue weighted by Crippen LogP contribution is 2.51. The molecule has 0 bridgehead atoms. The van der Waals surface area contributed by atoms with Gasteiger partial charge in [-0.3, -0.25) is 0 Å². The highest BCUT2D eigenvalue weighted by atomic mass is 79.9. The number of rotatable bonds is 5. The molecule has 0 spiro atoms. The molecule has 0 heterocycles. The second-order valence-corrected chi connectivity index (χ2v) is 7.29.